The molecule has 0 aliphatic carbocycles. The molecule has 0 radical (unpaired) electrons. The number of hydrogen-bond acceptors (Lipinski definition) is 3. The molecule has 2 aromatic carbocycles. The molecular weight excluding hydrogens is 290 g/mol. The van der Waals surface area contributed by atoms with E-state index in [2.05, 4.69) is 33.9 Å². The van der Waals surface area contributed by atoms with Gasteiger partial charge in [-0.3, -0.25) is 5.32 Å². The van der Waals surface area contributed by atoms with E-state index in [4.69, 9.17) is 4.74 Å². The summed E-state index contributed by atoms with van der Waals surface area (Å²) >= 11 is 0. The number of aromatic amines is 1. The molecule has 3 rings (SSSR count). The highest BCUT2D eigenvalue weighted by Crippen LogP contribution is 2.22. The molecule has 0 saturated carbocycles. The second-order valence-corrected chi connectivity index (χ2v) is 5.47. The Kier molecular flexibility index (Phi) is 4.37. The molecule has 0 bridgehead atoms. The number of fused-ring (bicyclic) bond motifs is 1. The fraction of sp³-hybridized carbons (Fsp3) is 0.278. The molecule has 23 heavy (non-hydrogen) atoms. The smallest absolute Gasteiger partial charge is 0.356 e. The van der Waals surface area contributed by atoms with Crippen LogP contribution in [-0.2, 0) is 13.1 Å². The van der Waals surface area contributed by atoms with Crippen LogP contribution in [0.5, 0.6) is 11.5 Å². The van der Waals surface area contributed by atoms with Crippen molar-refractivity contribution in [3.05, 3.63) is 48.0 Å². The van der Waals surface area contributed by atoms with Gasteiger partial charge in [-0.15, -0.1) is 0 Å². The van der Waals surface area contributed by atoms with Crippen LogP contribution >= 0.6 is 0 Å². The Morgan fingerprint density at radius 2 is 2.04 bits per heavy atom. The van der Waals surface area contributed by atoms with Crippen molar-refractivity contribution in [3.63, 3.8) is 0 Å². The monoisotopic (exact) mass is 311 g/mol. The second kappa shape index (κ2) is 6.60. The van der Waals surface area contributed by atoms with Crippen molar-refractivity contribution in [1.29, 1.82) is 0 Å². The van der Waals surface area contributed by atoms with Crippen LogP contribution in [0.4, 0.5) is 5.95 Å². The van der Waals surface area contributed by atoms with Gasteiger partial charge in [-0.25, -0.2) is 9.55 Å². The lowest BCUT2D eigenvalue weighted by Crippen LogP contribution is -2.35. The predicted molar refractivity (Wildman–Crippen MR) is 88.6 cm³/mol. The minimum atomic E-state index is -0.0185. The number of nitrogens with one attached hydrogen (secondary N) is 2. The molecule has 0 atom stereocenters. The molecular formula is C18H21N3O2. The summed E-state index contributed by atoms with van der Waals surface area (Å²) < 4.78 is 7.28. The van der Waals surface area contributed by atoms with E-state index in [-0.39, 0.29) is 5.75 Å². The number of aryl methyl sites for hydroxylation is 1. The summed E-state index contributed by atoms with van der Waals surface area (Å²) in [5, 5.41) is 15.4. The zero-order valence-electron chi connectivity index (χ0n) is 13.4. The van der Waals surface area contributed by atoms with Gasteiger partial charge >= 0.3 is 5.95 Å². The minimum Gasteiger partial charge on any atom is -0.872 e. The van der Waals surface area contributed by atoms with Gasteiger partial charge in [-0.1, -0.05) is 30.9 Å². The summed E-state index contributed by atoms with van der Waals surface area (Å²) in [4.78, 5) is 3.39. The van der Waals surface area contributed by atoms with Gasteiger partial charge in [0.25, 0.3) is 0 Å². The Bertz CT molecular complexity index is 811. The van der Waals surface area contributed by atoms with Gasteiger partial charge in [-0.2, -0.15) is 0 Å². The first-order chi connectivity index (χ1) is 11.2. The van der Waals surface area contributed by atoms with E-state index in [0.29, 0.717) is 17.9 Å². The van der Waals surface area contributed by atoms with Crippen molar-refractivity contribution in [2.45, 2.75) is 26.4 Å². The summed E-state index contributed by atoms with van der Waals surface area (Å²) in [6.07, 6.45) is 1.04. The first-order valence-electron chi connectivity index (χ1n) is 7.81. The Morgan fingerprint density at radius 1 is 1.22 bits per heavy atom. The lowest BCUT2D eigenvalue weighted by molar-refractivity contribution is -0.657. The number of hydrogen-bond donors (Lipinski definition) is 2. The van der Waals surface area contributed by atoms with Crippen LogP contribution in [0.15, 0.2) is 42.5 Å². The van der Waals surface area contributed by atoms with Crippen LogP contribution in [0.2, 0.25) is 0 Å². The average Bonchev–Trinajstić information content (AvgIpc) is 2.92. The molecule has 0 aliphatic heterocycles. The van der Waals surface area contributed by atoms with Gasteiger partial charge < -0.3 is 9.84 Å². The number of imidazole rings is 1. The van der Waals surface area contributed by atoms with Crippen molar-refractivity contribution in [2.75, 3.05) is 12.4 Å². The number of anilines is 1. The fourth-order valence-electron chi connectivity index (χ4n) is 2.71. The van der Waals surface area contributed by atoms with E-state index in [9.17, 15) is 5.11 Å². The number of para-hydroxylation sites is 2. The molecule has 5 heteroatoms. The minimum absolute atomic E-state index is 0.0185. The molecule has 0 spiro atoms. The molecule has 3 aromatic rings. The third kappa shape index (κ3) is 3.08. The maximum atomic E-state index is 12.1. The third-order valence-electron chi connectivity index (χ3n) is 3.89. The number of aromatic nitrogens is 2. The van der Waals surface area contributed by atoms with Crippen molar-refractivity contribution >= 4 is 17.0 Å². The molecule has 2 N–H and O–H groups in total. The fourth-order valence-corrected chi connectivity index (χ4v) is 2.71. The number of H-pyrrole nitrogens is 1. The lowest BCUT2D eigenvalue weighted by atomic mass is 10.2. The number of benzene rings is 2. The lowest BCUT2D eigenvalue weighted by Gasteiger charge is -2.14. The van der Waals surface area contributed by atoms with Crippen LogP contribution in [0.25, 0.3) is 11.0 Å². The first kappa shape index (κ1) is 15.2. The summed E-state index contributed by atoms with van der Waals surface area (Å²) in [6.45, 7) is 3.54. The van der Waals surface area contributed by atoms with E-state index in [1.54, 1.807) is 13.2 Å². The molecule has 1 heterocycles. The maximum Gasteiger partial charge on any atom is 0.356 e. The predicted octanol–water partition coefficient (Wildman–Crippen LogP) is 2.56. The van der Waals surface area contributed by atoms with E-state index in [1.807, 2.05) is 18.2 Å². The van der Waals surface area contributed by atoms with Crippen molar-refractivity contribution in [3.8, 4) is 11.5 Å². The highest BCUT2D eigenvalue weighted by atomic mass is 16.5. The van der Waals surface area contributed by atoms with Gasteiger partial charge in [0.15, 0.2) is 0 Å². The summed E-state index contributed by atoms with van der Waals surface area (Å²) in [6, 6.07) is 13.3. The molecule has 0 aliphatic rings. The first-order valence-corrected chi connectivity index (χ1v) is 7.81. The van der Waals surface area contributed by atoms with Gasteiger partial charge in [0.05, 0.1) is 20.2 Å². The molecule has 0 fully saturated rings. The maximum absolute atomic E-state index is 12.1. The van der Waals surface area contributed by atoms with Crippen LogP contribution in [0.1, 0.15) is 18.9 Å². The number of ether oxygens (including phenoxy) is 1. The number of methoxy groups -OCH3 is 1. The molecule has 120 valence electrons. The second-order valence-electron chi connectivity index (χ2n) is 5.47. The zero-order valence-corrected chi connectivity index (χ0v) is 13.4. The molecule has 0 saturated heterocycles. The van der Waals surface area contributed by atoms with Gasteiger partial charge in [-0.05, 0) is 36.2 Å². The molecule has 5 nitrogen and oxygen atoms in total. The average molecular weight is 311 g/mol. The highest BCUT2D eigenvalue weighted by Gasteiger charge is 2.16. The Morgan fingerprint density at radius 3 is 2.78 bits per heavy atom. The van der Waals surface area contributed by atoms with Gasteiger partial charge in [0, 0.05) is 0 Å². The van der Waals surface area contributed by atoms with Gasteiger partial charge in [0.1, 0.15) is 16.8 Å². The topological polar surface area (TPSA) is 64.0 Å². The summed E-state index contributed by atoms with van der Waals surface area (Å²) in [7, 11) is 1.56. The van der Waals surface area contributed by atoms with E-state index >= 15 is 0 Å². The van der Waals surface area contributed by atoms with Crippen LogP contribution in [0.3, 0.4) is 0 Å². The summed E-state index contributed by atoms with van der Waals surface area (Å²) in [5.41, 5.74) is 2.96. The number of nitrogens with zero attached hydrogens (tertiary/aromatic N) is 1. The van der Waals surface area contributed by atoms with Crippen molar-refractivity contribution in [2.24, 2.45) is 0 Å². The van der Waals surface area contributed by atoms with Crippen LogP contribution in [-0.4, -0.2) is 12.1 Å². The van der Waals surface area contributed by atoms with Crippen molar-refractivity contribution < 1.29 is 14.4 Å². The van der Waals surface area contributed by atoms with E-state index < -0.39 is 0 Å². The van der Waals surface area contributed by atoms with Crippen LogP contribution in [0, 0.1) is 0 Å². The standard InChI is InChI=1S/C18H21N3O2/c1-3-10-21-16-7-5-4-6-15(16)20-18(21)19-12-13-8-9-14(23-2)11-17(13)22/h4-9,11H,3,10,12H2,1-2H3,(H2,19,20,22). The molecule has 0 unspecified atom stereocenters. The van der Waals surface area contributed by atoms with Gasteiger partial charge in [0.2, 0.25) is 0 Å². The third-order valence-corrected chi connectivity index (χ3v) is 3.89. The zero-order chi connectivity index (χ0) is 16.2. The number of rotatable bonds is 6. The van der Waals surface area contributed by atoms with Crippen LogP contribution < -0.4 is 19.7 Å². The van der Waals surface area contributed by atoms with Crippen molar-refractivity contribution in [1.82, 2.24) is 4.98 Å². The normalized spacial score (nSPS) is 10.9. The largest absolute Gasteiger partial charge is 0.872 e. The quantitative estimate of drug-likeness (QED) is 0.688. The SMILES string of the molecule is CCC[n+]1c(NCc2ccc(OC)cc2[O-])[nH]c2ccccc21. The van der Waals surface area contributed by atoms with E-state index in [1.165, 1.54) is 6.07 Å². The molecule has 0 amide bonds. The van der Waals surface area contributed by atoms with E-state index in [0.717, 1.165) is 29.9 Å². The Hall–Kier alpha value is -2.69. The molecule has 1 aromatic heterocycles. The summed E-state index contributed by atoms with van der Waals surface area (Å²) in [5.74, 6) is 1.49. The Balaban J connectivity index is 1.85. The highest BCUT2D eigenvalue weighted by molar-refractivity contribution is 5.72. The Labute approximate surface area is 135 Å².